The van der Waals surface area contributed by atoms with E-state index in [-0.39, 0.29) is 11.9 Å². The van der Waals surface area contributed by atoms with E-state index >= 15 is 0 Å². The maximum atomic E-state index is 13.6. The summed E-state index contributed by atoms with van der Waals surface area (Å²) in [6.07, 6.45) is 0. The molecule has 4 heteroatoms. The molecule has 2 rings (SSSR count). The van der Waals surface area contributed by atoms with Crippen molar-refractivity contribution in [2.24, 2.45) is 0 Å². The third kappa shape index (κ3) is 2.91. The number of hydrogen-bond acceptors (Lipinski definition) is 1. The lowest BCUT2D eigenvalue weighted by atomic mass is 9.99. The summed E-state index contributed by atoms with van der Waals surface area (Å²) in [6, 6.07) is 12.6. The van der Waals surface area contributed by atoms with E-state index in [2.05, 4.69) is 21.2 Å². The Bertz CT molecular complexity index is 542. The van der Waals surface area contributed by atoms with E-state index in [1.54, 1.807) is 6.07 Å². The summed E-state index contributed by atoms with van der Waals surface area (Å²) in [7, 11) is 1.85. The second-order valence-electron chi connectivity index (χ2n) is 3.95. The maximum Gasteiger partial charge on any atom is 0.137 e. The van der Waals surface area contributed by atoms with Gasteiger partial charge >= 0.3 is 0 Å². The fourth-order valence-corrected chi connectivity index (χ4v) is 2.25. The van der Waals surface area contributed by atoms with Gasteiger partial charge in [0.1, 0.15) is 5.82 Å². The molecule has 0 aromatic heterocycles. The van der Waals surface area contributed by atoms with Gasteiger partial charge in [-0.2, -0.15) is 0 Å². The Morgan fingerprint density at radius 2 is 1.72 bits per heavy atom. The van der Waals surface area contributed by atoms with Crippen LogP contribution in [0.1, 0.15) is 17.2 Å². The smallest absolute Gasteiger partial charge is 0.137 e. The molecular formula is C14H12BrClFN. The first-order valence-corrected chi connectivity index (χ1v) is 6.66. The molecule has 0 aliphatic rings. The lowest BCUT2D eigenvalue weighted by Crippen LogP contribution is -2.17. The van der Waals surface area contributed by atoms with Crippen molar-refractivity contribution in [1.29, 1.82) is 0 Å². The summed E-state index contributed by atoms with van der Waals surface area (Å²) in [4.78, 5) is 0. The average molecular weight is 329 g/mol. The van der Waals surface area contributed by atoms with Crippen LogP contribution in [0.2, 0.25) is 5.02 Å². The van der Waals surface area contributed by atoms with Crippen molar-refractivity contribution in [3.8, 4) is 0 Å². The molecule has 1 unspecified atom stereocenters. The number of benzene rings is 2. The van der Waals surface area contributed by atoms with Gasteiger partial charge < -0.3 is 5.32 Å². The molecule has 18 heavy (non-hydrogen) atoms. The molecule has 0 amide bonds. The molecule has 94 valence electrons. The molecule has 2 aromatic carbocycles. The quantitative estimate of drug-likeness (QED) is 0.871. The summed E-state index contributed by atoms with van der Waals surface area (Å²) in [5.74, 6) is -0.262. The van der Waals surface area contributed by atoms with Crippen LogP contribution >= 0.6 is 27.5 Å². The van der Waals surface area contributed by atoms with E-state index in [9.17, 15) is 4.39 Å². The molecule has 1 N–H and O–H groups in total. The summed E-state index contributed by atoms with van der Waals surface area (Å²) in [6.45, 7) is 0. The van der Waals surface area contributed by atoms with Crippen LogP contribution in [0.5, 0.6) is 0 Å². The van der Waals surface area contributed by atoms with E-state index in [1.807, 2.05) is 37.4 Å². The number of halogens is 3. The van der Waals surface area contributed by atoms with Crippen LogP contribution in [0.4, 0.5) is 4.39 Å². The highest BCUT2D eigenvalue weighted by molar-refractivity contribution is 9.10. The molecule has 0 fully saturated rings. The summed E-state index contributed by atoms with van der Waals surface area (Å²) >= 11 is 9.02. The van der Waals surface area contributed by atoms with Gasteiger partial charge in [-0.25, -0.2) is 4.39 Å². The summed E-state index contributed by atoms with van der Waals surface area (Å²) in [5, 5.41) is 3.87. The van der Waals surface area contributed by atoms with Crippen LogP contribution in [-0.2, 0) is 0 Å². The van der Waals surface area contributed by atoms with Crippen molar-refractivity contribution in [1.82, 2.24) is 5.32 Å². The normalized spacial score (nSPS) is 12.4. The van der Waals surface area contributed by atoms with Gasteiger partial charge in [0.05, 0.1) is 10.5 Å². The Labute approximate surface area is 119 Å². The van der Waals surface area contributed by atoms with Gasteiger partial charge in [0, 0.05) is 5.02 Å². The van der Waals surface area contributed by atoms with Crippen LogP contribution in [0, 0.1) is 5.82 Å². The van der Waals surface area contributed by atoms with Gasteiger partial charge in [-0.15, -0.1) is 0 Å². The van der Waals surface area contributed by atoms with Crippen molar-refractivity contribution in [3.05, 3.63) is 68.9 Å². The Morgan fingerprint density at radius 1 is 1.11 bits per heavy atom. The topological polar surface area (TPSA) is 12.0 Å². The van der Waals surface area contributed by atoms with Crippen LogP contribution < -0.4 is 5.32 Å². The fraction of sp³-hybridized carbons (Fsp3) is 0.143. The molecule has 0 bridgehead atoms. The Kier molecular flexibility index (Phi) is 4.38. The first kappa shape index (κ1) is 13.5. The van der Waals surface area contributed by atoms with Crippen molar-refractivity contribution >= 4 is 27.5 Å². The van der Waals surface area contributed by atoms with Gasteiger partial charge in [0.25, 0.3) is 0 Å². The average Bonchev–Trinajstić information content (AvgIpc) is 2.37. The van der Waals surface area contributed by atoms with Crippen molar-refractivity contribution in [2.45, 2.75) is 6.04 Å². The lowest BCUT2D eigenvalue weighted by Gasteiger charge is -2.17. The monoisotopic (exact) mass is 327 g/mol. The lowest BCUT2D eigenvalue weighted by molar-refractivity contribution is 0.610. The van der Waals surface area contributed by atoms with Crippen molar-refractivity contribution < 1.29 is 4.39 Å². The standard InChI is InChI=1S/C14H12BrClFN/c1-18-14(9-2-5-11(16)6-3-9)10-4-7-12(15)13(17)8-10/h2-8,14,18H,1H3. The first-order valence-electron chi connectivity index (χ1n) is 5.49. The zero-order chi connectivity index (χ0) is 13.1. The van der Waals surface area contributed by atoms with Crippen LogP contribution in [0.3, 0.4) is 0 Å². The molecule has 0 radical (unpaired) electrons. The molecule has 2 aromatic rings. The molecule has 0 saturated heterocycles. The second kappa shape index (κ2) is 5.83. The third-order valence-electron chi connectivity index (χ3n) is 2.77. The van der Waals surface area contributed by atoms with Crippen molar-refractivity contribution in [2.75, 3.05) is 7.05 Å². The predicted octanol–water partition coefficient (Wildman–Crippen LogP) is 4.55. The van der Waals surface area contributed by atoms with E-state index in [4.69, 9.17) is 11.6 Å². The number of rotatable bonds is 3. The largest absolute Gasteiger partial charge is 0.309 e. The van der Waals surface area contributed by atoms with E-state index in [0.29, 0.717) is 9.50 Å². The fourth-order valence-electron chi connectivity index (χ4n) is 1.87. The van der Waals surface area contributed by atoms with E-state index in [0.717, 1.165) is 11.1 Å². The van der Waals surface area contributed by atoms with Crippen molar-refractivity contribution in [3.63, 3.8) is 0 Å². The number of hydrogen-bond donors (Lipinski definition) is 1. The van der Waals surface area contributed by atoms with Crippen LogP contribution in [0.25, 0.3) is 0 Å². The first-order chi connectivity index (χ1) is 8.61. The predicted molar refractivity (Wildman–Crippen MR) is 76.5 cm³/mol. The molecular weight excluding hydrogens is 317 g/mol. The van der Waals surface area contributed by atoms with Gasteiger partial charge in [-0.05, 0) is 58.4 Å². The zero-order valence-electron chi connectivity index (χ0n) is 9.75. The summed E-state index contributed by atoms with van der Waals surface area (Å²) < 4.78 is 14.0. The third-order valence-corrected chi connectivity index (χ3v) is 3.66. The Morgan fingerprint density at radius 3 is 2.28 bits per heavy atom. The highest BCUT2D eigenvalue weighted by atomic mass is 79.9. The van der Waals surface area contributed by atoms with E-state index < -0.39 is 0 Å². The SMILES string of the molecule is CNC(c1ccc(Cl)cc1)c1ccc(Br)c(F)c1. The minimum Gasteiger partial charge on any atom is -0.309 e. The second-order valence-corrected chi connectivity index (χ2v) is 5.24. The Hall–Kier alpha value is -0.900. The minimum atomic E-state index is -0.262. The maximum absolute atomic E-state index is 13.6. The molecule has 0 aliphatic carbocycles. The van der Waals surface area contributed by atoms with Gasteiger partial charge in [0.2, 0.25) is 0 Å². The van der Waals surface area contributed by atoms with Gasteiger partial charge in [-0.1, -0.05) is 29.8 Å². The van der Waals surface area contributed by atoms with E-state index in [1.165, 1.54) is 6.07 Å². The highest BCUT2D eigenvalue weighted by Gasteiger charge is 2.13. The summed E-state index contributed by atoms with van der Waals surface area (Å²) in [5.41, 5.74) is 1.92. The molecule has 0 saturated carbocycles. The van der Waals surface area contributed by atoms with Gasteiger partial charge in [0.15, 0.2) is 0 Å². The minimum absolute atomic E-state index is 0.0510. The van der Waals surface area contributed by atoms with Crippen LogP contribution in [0.15, 0.2) is 46.9 Å². The van der Waals surface area contributed by atoms with Crippen LogP contribution in [-0.4, -0.2) is 7.05 Å². The van der Waals surface area contributed by atoms with Gasteiger partial charge in [-0.3, -0.25) is 0 Å². The number of nitrogens with one attached hydrogen (secondary N) is 1. The molecule has 1 atom stereocenters. The Balaban J connectivity index is 2.38. The highest BCUT2D eigenvalue weighted by Crippen LogP contribution is 2.26. The molecule has 0 aliphatic heterocycles. The molecule has 1 nitrogen and oxygen atoms in total. The zero-order valence-corrected chi connectivity index (χ0v) is 12.1. The molecule has 0 heterocycles. The molecule has 0 spiro atoms.